The largest absolute Gasteiger partial charge is 0.477 e. The smallest absolute Gasteiger partial charge is 0.364 e. The lowest BCUT2D eigenvalue weighted by Gasteiger charge is -2.50. The number of hydrogen-bond donors (Lipinski definition) is 15. The van der Waals surface area contributed by atoms with Gasteiger partial charge in [0.15, 0.2) is 12.6 Å². The second kappa shape index (κ2) is 20.4. The lowest BCUT2D eigenvalue weighted by atomic mass is 9.88. The maximum Gasteiger partial charge on any atom is 0.364 e. The zero-order valence-electron chi connectivity index (χ0n) is 30.3. The Morgan fingerprint density at radius 2 is 1.41 bits per heavy atom. The van der Waals surface area contributed by atoms with Crippen molar-refractivity contribution in [3.05, 3.63) is 0 Å². The van der Waals surface area contributed by atoms with E-state index in [0.717, 1.165) is 13.8 Å². The molecule has 0 aliphatic carbocycles. The number of carboxylic acid groups (broad SMARTS) is 1. The summed E-state index contributed by atoms with van der Waals surface area (Å²) < 4.78 is 33.6. The summed E-state index contributed by atoms with van der Waals surface area (Å²) in [6, 6.07) is -3.52. The van der Waals surface area contributed by atoms with Gasteiger partial charge >= 0.3 is 5.97 Å². The van der Waals surface area contributed by atoms with Crippen LogP contribution in [0, 0.1) is 0 Å². The van der Waals surface area contributed by atoms with E-state index < -0.39 is 166 Å². The molecule has 15 N–H and O–H groups in total. The SMILES string of the molecule is CC(=O)N[C@H]1[C@H]([C@H](O)[C@H](O)CO)O[C@@](O[C@H]2[C@@H](O)[C@@H](CO)O[C@@H](O[C@@H]([C@H](O[C@H]3O[C@H](C)[C@H](O)[C@H](O)[C@H]3O)[C@H](O)CO)[C@H](C=O)NC(C)=O)[C@@H]2O)(C(=O)O)C[C@@H]1O. The van der Waals surface area contributed by atoms with Crippen molar-refractivity contribution in [1.82, 2.24) is 10.6 Å². The molecule has 3 heterocycles. The minimum absolute atomic E-state index is 0.0574. The number of aliphatic hydroxyl groups excluding tert-OH is 12. The average Bonchev–Trinajstić information content (AvgIpc) is 3.15. The van der Waals surface area contributed by atoms with Crippen LogP contribution in [0.3, 0.4) is 0 Å². The molecule has 3 rings (SSSR count). The summed E-state index contributed by atoms with van der Waals surface area (Å²) in [7, 11) is 0. The molecule has 3 aliphatic heterocycles. The Morgan fingerprint density at radius 3 is 1.93 bits per heavy atom. The van der Waals surface area contributed by atoms with Gasteiger partial charge in [0.05, 0.1) is 38.1 Å². The Kier molecular flexibility index (Phi) is 17.4. The van der Waals surface area contributed by atoms with Crippen molar-refractivity contribution in [1.29, 1.82) is 0 Å². The maximum atomic E-state index is 12.8. The van der Waals surface area contributed by atoms with Crippen LogP contribution in [-0.4, -0.2) is 232 Å². The Balaban J connectivity index is 2.07. The quantitative estimate of drug-likeness (QED) is 0.0571. The van der Waals surface area contributed by atoms with E-state index in [-0.39, 0.29) is 6.29 Å². The topological polar surface area (TPSA) is 411 Å². The molecule has 0 aromatic rings. The third-order valence-electron chi connectivity index (χ3n) is 9.49. The number of aliphatic hydroxyl groups is 12. The summed E-state index contributed by atoms with van der Waals surface area (Å²) in [5.74, 6) is -6.92. The van der Waals surface area contributed by atoms with Gasteiger partial charge < -0.3 is 110 Å². The van der Waals surface area contributed by atoms with Crippen molar-refractivity contribution in [2.24, 2.45) is 0 Å². The molecule has 3 aliphatic rings. The lowest BCUT2D eigenvalue weighted by molar-refractivity contribution is -0.379. The van der Waals surface area contributed by atoms with Crippen molar-refractivity contribution in [3.63, 3.8) is 0 Å². The first-order valence-electron chi connectivity index (χ1n) is 17.3. The number of aldehydes is 1. The van der Waals surface area contributed by atoms with Gasteiger partial charge in [-0.1, -0.05) is 0 Å². The molecule has 0 spiro atoms. The van der Waals surface area contributed by atoms with Gasteiger partial charge in [-0.05, 0) is 6.92 Å². The van der Waals surface area contributed by atoms with Crippen molar-refractivity contribution in [3.8, 4) is 0 Å². The number of nitrogens with one attached hydrogen (secondary N) is 2. The number of carbonyl (C=O) groups excluding carboxylic acids is 3. The van der Waals surface area contributed by atoms with Gasteiger partial charge in [0.25, 0.3) is 5.79 Å². The number of ether oxygens (including phenoxy) is 6. The first kappa shape index (κ1) is 47.7. The minimum Gasteiger partial charge on any atom is -0.477 e. The van der Waals surface area contributed by atoms with E-state index in [2.05, 4.69) is 10.6 Å². The monoisotopic (exact) mass is 820 g/mol. The first-order chi connectivity index (χ1) is 26.2. The Labute approximate surface area is 317 Å². The van der Waals surface area contributed by atoms with Crippen LogP contribution in [-0.2, 0) is 47.6 Å². The third kappa shape index (κ3) is 10.7. The summed E-state index contributed by atoms with van der Waals surface area (Å²) >= 11 is 0. The highest BCUT2D eigenvalue weighted by molar-refractivity contribution is 5.78. The number of hydrogen-bond acceptors (Lipinski definition) is 22. The van der Waals surface area contributed by atoms with E-state index in [1.165, 1.54) is 6.92 Å². The zero-order chi connectivity index (χ0) is 42.4. The van der Waals surface area contributed by atoms with Crippen LogP contribution >= 0.6 is 0 Å². The number of amides is 2. The maximum absolute atomic E-state index is 12.8. The van der Waals surface area contributed by atoms with E-state index in [9.17, 15) is 85.6 Å². The van der Waals surface area contributed by atoms with Crippen molar-refractivity contribution in [2.45, 2.75) is 149 Å². The highest BCUT2D eigenvalue weighted by atomic mass is 16.8. The van der Waals surface area contributed by atoms with Crippen LogP contribution in [0.4, 0.5) is 0 Å². The number of carbonyl (C=O) groups is 4. The van der Waals surface area contributed by atoms with E-state index in [4.69, 9.17) is 28.4 Å². The second-order valence-corrected chi connectivity index (χ2v) is 13.7. The van der Waals surface area contributed by atoms with E-state index in [0.29, 0.717) is 0 Å². The summed E-state index contributed by atoms with van der Waals surface area (Å²) in [5.41, 5.74) is 0. The van der Waals surface area contributed by atoms with Gasteiger partial charge in [-0.2, -0.15) is 0 Å². The van der Waals surface area contributed by atoms with Gasteiger partial charge in [0.2, 0.25) is 11.8 Å². The Hall–Kier alpha value is -2.64. The fourth-order valence-electron chi connectivity index (χ4n) is 6.49. The van der Waals surface area contributed by atoms with Crippen LogP contribution in [0.2, 0.25) is 0 Å². The first-order valence-corrected chi connectivity index (χ1v) is 17.3. The van der Waals surface area contributed by atoms with Crippen LogP contribution < -0.4 is 10.6 Å². The standard InChI is InChI=1S/C31H52N2O23/c1-9-18(43)21(46)22(47)28(51-9)54-25(15(42)7-36)24(12(5-34)32-10(2)38)53-29-23(48)27(20(45)16(8-37)52-29)56-31(30(49)50)4-13(40)17(33-11(3)39)26(55-31)19(44)14(41)6-35/h5,9,12-29,35-37,40-48H,4,6-8H2,1-3H3,(H,32,38)(H,33,39)(H,49,50)/t9-,12+,13+,14-,15-,16-,17-,18+,19-,20+,21+,22-,23-,24-,25-,26-,27+,28-,29+,31+/m1/s1. The highest BCUT2D eigenvalue weighted by Gasteiger charge is 2.60. The molecule has 2 amide bonds. The van der Waals surface area contributed by atoms with Gasteiger partial charge in [-0.3, -0.25) is 9.59 Å². The van der Waals surface area contributed by atoms with Crippen LogP contribution in [0.25, 0.3) is 0 Å². The van der Waals surface area contributed by atoms with Gasteiger partial charge in [-0.25, -0.2) is 4.79 Å². The molecular formula is C31H52N2O23. The number of aliphatic carboxylic acids is 1. The van der Waals surface area contributed by atoms with Gasteiger partial charge in [0.1, 0.15) is 91.7 Å². The second-order valence-electron chi connectivity index (χ2n) is 13.7. The summed E-state index contributed by atoms with van der Waals surface area (Å²) in [6.07, 6.45) is -35.3. The molecule has 0 aromatic heterocycles. The molecular weight excluding hydrogens is 768 g/mol. The Morgan fingerprint density at radius 1 is 0.821 bits per heavy atom. The Bertz CT molecular complexity index is 1320. The fraction of sp³-hybridized carbons (Fsp3) is 0.871. The molecule has 25 heteroatoms. The molecule has 0 aromatic carbocycles. The predicted molar refractivity (Wildman–Crippen MR) is 174 cm³/mol. The molecule has 56 heavy (non-hydrogen) atoms. The molecule has 0 saturated carbocycles. The van der Waals surface area contributed by atoms with Crippen molar-refractivity contribution in [2.75, 3.05) is 19.8 Å². The summed E-state index contributed by atoms with van der Waals surface area (Å²) in [5, 5.41) is 141. The predicted octanol–water partition coefficient (Wildman–Crippen LogP) is -9.39. The molecule has 25 nitrogen and oxygen atoms in total. The van der Waals surface area contributed by atoms with E-state index in [1.807, 2.05) is 0 Å². The molecule has 3 fully saturated rings. The van der Waals surface area contributed by atoms with Crippen molar-refractivity contribution < 1.29 is 114 Å². The average molecular weight is 821 g/mol. The van der Waals surface area contributed by atoms with Crippen LogP contribution in [0.1, 0.15) is 27.2 Å². The van der Waals surface area contributed by atoms with Crippen molar-refractivity contribution >= 4 is 24.1 Å². The summed E-state index contributed by atoms with van der Waals surface area (Å²) in [6.45, 7) is -0.160. The molecule has 0 radical (unpaired) electrons. The normalized spacial score (nSPS) is 39.7. The number of carboxylic acids is 1. The fourth-order valence-corrected chi connectivity index (χ4v) is 6.49. The highest BCUT2D eigenvalue weighted by Crippen LogP contribution is 2.38. The number of rotatable bonds is 18. The third-order valence-corrected chi connectivity index (χ3v) is 9.49. The van der Waals surface area contributed by atoms with Crippen LogP contribution in [0.5, 0.6) is 0 Å². The van der Waals surface area contributed by atoms with Gasteiger partial charge in [0, 0.05) is 20.3 Å². The minimum atomic E-state index is -3.17. The van der Waals surface area contributed by atoms with Gasteiger partial charge in [-0.15, -0.1) is 0 Å². The van der Waals surface area contributed by atoms with Crippen LogP contribution in [0.15, 0.2) is 0 Å². The molecule has 0 unspecified atom stereocenters. The summed E-state index contributed by atoms with van der Waals surface area (Å²) in [4.78, 5) is 49.2. The zero-order valence-corrected chi connectivity index (χ0v) is 30.3. The molecule has 0 bridgehead atoms. The van der Waals surface area contributed by atoms with E-state index in [1.54, 1.807) is 0 Å². The molecule has 324 valence electrons. The lowest BCUT2D eigenvalue weighted by Crippen LogP contribution is -2.70. The molecule has 20 atom stereocenters. The van der Waals surface area contributed by atoms with E-state index >= 15 is 0 Å². The molecule has 3 saturated heterocycles.